The van der Waals surface area contributed by atoms with Gasteiger partial charge in [-0.25, -0.2) is 4.98 Å². The minimum absolute atomic E-state index is 0.0784. The van der Waals surface area contributed by atoms with Crippen molar-refractivity contribution in [2.24, 2.45) is 0 Å². The van der Waals surface area contributed by atoms with Crippen LogP contribution in [0.2, 0.25) is 0 Å². The quantitative estimate of drug-likeness (QED) is 0.292. The number of carbonyl (C=O) groups is 1. The van der Waals surface area contributed by atoms with E-state index in [9.17, 15) is 22.4 Å². The highest BCUT2D eigenvalue weighted by molar-refractivity contribution is 5.55. The summed E-state index contributed by atoms with van der Waals surface area (Å²) in [6.45, 7) is 0. The zero-order valence-corrected chi connectivity index (χ0v) is 15.8. The van der Waals surface area contributed by atoms with Gasteiger partial charge in [-0.1, -0.05) is 18.2 Å². The largest absolute Gasteiger partial charge is 0.573 e. The number of hydrogen-bond donors (Lipinski definition) is 1. The van der Waals surface area contributed by atoms with E-state index >= 15 is 0 Å². The summed E-state index contributed by atoms with van der Waals surface area (Å²) in [5.74, 6) is -0.191. The number of aldehydes is 1. The van der Waals surface area contributed by atoms with Crippen molar-refractivity contribution in [3.63, 3.8) is 0 Å². The van der Waals surface area contributed by atoms with E-state index in [0.29, 0.717) is 36.1 Å². The first kappa shape index (κ1) is 23.9. The second-order valence-corrected chi connectivity index (χ2v) is 5.83. The van der Waals surface area contributed by atoms with Gasteiger partial charge in [0.1, 0.15) is 17.9 Å². The molecule has 0 atom stereocenters. The van der Waals surface area contributed by atoms with Crippen molar-refractivity contribution in [2.75, 3.05) is 12.4 Å². The van der Waals surface area contributed by atoms with Crippen molar-refractivity contribution in [3.05, 3.63) is 53.5 Å². The number of aromatic nitrogens is 1. The van der Waals surface area contributed by atoms with E-state index in [1.54, 1.807) is 25.2 Å². The number of pyridine rings is 1. The molecule has 0 bridgehead atoms. The summed E-state index contributed by atoms with van der Waals surface area (Å²) in [5, 5.41) is 11.1. The standard InChI is InChI=1S/C11H14FN3.C9H7F3O2/c1-14-10-7-6-9(11(12)15-10)5-3-2-4-8-13;10-9(11,12)14-8-3-1-2-7(6-8)4-5-13/h6-7H,2-5H2,1H3,(H,14,15);1-3,5-6H,4H2. The van der Waals surface area contributed by atoms with Gasteiger partial charge in [-0.15, -0.1) is 13.2 Å². The zero-order valence-electron chi connectivity index (χ0n) is 15.8. The van der Waals surface area contributed by atoms with Gasteiger partial charge in [-0.2, -0.15) is 9.65 Å². The van der Waals surface area contributed by atoms with Gasteiger partial charge in [-0.3, -0.25) is 0 Å². The lowest BCUT2D eigenvalue weighted by Gasteiger charge is -2.08. The van der Waals surface area contributed by atoms with Crippen LogP contribution in [0.3, 0.4) is 0 Å². The number of nitrogens with one attached hydrogen (secondary N) is 1. The van der Waals surface area contributed by atoms with Crippen LogP contribution in [0.1, 0.15) is 30.4 Å². The van der Waals surface area contributed by atoms with Gasteiger partial charge < -0.3 is 14.8 Å². The molecule has 0 aliphatic heterocycles. The molecule has 0 aliphatic rings. The van der Waals surface area contributed by atoms with Gasteiger partial charge in [0.2, 0.25) is 5.95 Å². The normalized spacial score (nSPS) is 10.3. The van der Waals surface area contributed by atoms with E-state index in [4.69, 9.17) is 5.26 Å². The molecule has 0 unspecified atom stereocenters. The maximum absolute atomic E-state index is 13.3. The second-order valence-electron chi connectivity index (χ2n) is 5.83. The Labute approximate surface area is 166 Å². The maximum Gasteiger partial charge on any atom is 0.573 e. The molecular weight excluding hydrogens is 390 g/mol. The van der Waals surface area contributed by atoms with Crippen LogP contribution in [0.15, 0.2) is 36.4 Å². The molecule has 0 spiro atoms. The molecular formula is C20H21F4N3O2. The third-order valence-corrected chi connectivity index (χ3v) is 3.62. The Balaban J connectivity index is 0.000000291. The van der Waals surface area contributed by atoms with Crippen molar-refractivity contribution in [1.29, 1.82) is 5.26 Å². The molecule has 156 valence electrons. The molecule has 2 aromatic rings. The lowest BCUT2D eigenvalue weighted by molar-refractivity contribution is -0.274. The predicted octanol–water partition coefficient (Wildman–Crippen LogP) is 4.83. The minimum Gasteiger partial charge on any atom is -0.406 e. The van der Waals surface area contributed by atoms with Crippen molar-refractivity contribution < 1.29 is 27.1 Å². The average molecular weight is 411 g/mol. The van der Waals surface area contributed by atoms with Gasteiger partial charge in [0, 0.05) is 25.5 Å². The molecule has 1 aromatic heterocycles. The third kappa shape index (κ3) is 10.1. The first-order chi connectivity index (χ1) is 13.8. The number of anilines is 1. The van der Waals surface area contributed by atoms with Gasteiger partial charge >= 0.3 is 6.36 Å². The minimum atomic E-state index is -4.69. The smallest absolute Gasteiger partial charge is 0.406 e. The topological polar surface area (TPSA) is 75.0 Å². The highest BCUT2D eigenvalue weighted by atomic mass is 19.4. The Hall–Kier alpha value is -3.15. The summed E-state index contributed by atoms with van der Waals surface area (Å²) in [5.41, 5.74) is 1.11. The van der Waals surface area contributed by atoms with Gasteiger partial charge in [0.05, 0.1) is 6.07 Å². The summed E-state index contributed by atoms with van der Waals surface area (Å²) < 4.78 is 52.3. The summed E-state index contributed by atoms with van der Waals surface area (Å²) in [7, 11) is 1.70. The molecule has 0 radical (unpaired) electrons. The van der Waals surface area contributed by atoms with E-state index in [0.717, 1.165) is 12.8 Å². The number of ether oxygens (including phenoxy) is 1. The fourth-order valence-corrected chi connectivity index (χ4v) is 2.27. The number of benzene rings is 1. The number of unbranched alkanes of at least 4 members (excludes halogenated alkanes) is 2. The molecule has 29 heavy (non-hydrogen) atoms. The van der Waals surface area contributed by atoms with Crippen molar-refractivity contribution in [3.8, 4) is 11.8 Å². The first-order valence-electron chi connectivity index (χ1n) is 8.77. The molecule has 0 fully saturated rings. The van der Waals surface area contributed by atoms with Crippen molar-refractivity contribution >= 4 is 12.1 Å². The number of halogens is 4. The number of hydrogen-bond acceptors (Lipinski definition) is 5. The molecule has 5 nitrogen and oxygen atoms in total. The van der Waals surface area contributed by atoms with Crippen LogP contribution in [-0.2, 0) is 17.6 Å². The molecule has 0 saturated heterocycles. The summed E-state index contributed by atoms with van der Waals surface area (Å²) in [6, 6.07) is 10.9. The molecule has 1 N–H and O–H groups in total. The Bertz CT molecular complexity index is 820. The van der Waals surface area contributed by atoms with Gasteiger partial charge in [0.15, 0.2) is 0 Å². The Morgan fingerprint density at radius 1 is 1.24 bits per heavy atom. The Morgan fingerprint density at radius 2 is 2.00 bits per heavy atom. The summed E-state index contributed by atoms with van der Waals surface area (Å²) >= 11 is 0. The molecule has 1 heterocycles. The molecule has 0 saturated carbocycles. The van der Waals surface area contributed by atoms with Crippen molar-refractivity contribution in [2.45, 2.75) is 38.5 Å². The van der Waals surface area contributed by atoms with E-state index in [2.05, 4.69) is 21.1 Å². The van der Waals surface area contributed by atoms with Crippen LogP contribution in [0.4, 0.5) is 23.4 Å². The van der Waals surface area contributed by atoms with Crippen LogP contribution in [0.5, 0.6) is 5.75 Å². The fraction of sp³-hybridized carbons (Fsp3) is 0.350. The lowest BCUT2D eigenvalue weighted by atomic mass is 10.1. The Morgan fingerprint density at radius 3 is 2.59 bits per heavy atom. The van der Waals surface area contributed by atoms with Crippen LogP contribution in [0, 0.1) is 17.3 Å². The maximum atomic E-state index is 13.3. The van der Waals surface area contributed by atoms with Crippen LogP contribution >= 0.6 is 0 Å². The van der Waals surface area contributed by atoms with Crippen LogP contribution < -0.4 is 10.1 Å². The third-order valence-electron chi connectivity index (χ3n) is 3.62. The van der Waals surface area contributed by atoms with Crippen LogP contribution in [-0.4, -0.2) is 24.7 Å². The molecule has 0 amide bonds. The van der Waals surface area contributed by atoms with E-state index in [1.165, 1.54) is 18.2 Å². The number of carbonyl (C=O) groups excluding carboxylic acids is 1. The number of nitriles is 1. The molecule has 1 aromatic carbocycles. The number of aryl methyl sites for hydroxylation is 1. The van der Waals surface area contributed by atoms with Gasteiger partial charge in [0.25, 0.3) is 0 Å². The molecule has 2 rings (SSSR count). The SMILES string of the molecule is CNc1ccc(CCCCC#N)c(F)n1.O=CCc1cccc(OC(F)(F)F)c1. The van der Waals surface area contributed by atoms with Crippen LogP contribution in [0.25, 0.3) is 0 Å². The fourth-order valence-electron chi connectivity index (χ4n) is 2.27. The lowest BCUT2D eigenvalue weighted by Crippen LogP contribution is -2.17. The molecule has 9 heteroatoms. The highest BCUT2D eigenvalue weighted by Gasteiger charge is 2.31. The average Bonchev–Trinajstić information content (AvgIpc) is 2.66. The molecule has 0 aliphatic carbocycles. The zero-order chi connectivity index (χ0) is 21.7. The van der Waals surface area contributed by atoms with Gasteiger partial charge in [-0.05, 0) is 43.0 Å². The first-order valence-corrected chi connectivity index (χ1v) is 8.77. The predicted molar refractivity (Wildman–Crippen MR) is 99.8 cm³/mol. The van der Waals surface area contributed by atoms with E-state index < -0.39 is 12.3 Å². The number of alkyl halides is 3. The van der Waals surface area contributed by atoms with Crippen molar-refractivity contribution in [1.82, 2.24) is 4.98 Å². The second kappa shape index (κ2) is 12.3. The van der Waals surface area contributed by atoms with E-state index in [-0.39, 0.29) is 12.2 Å². The highest BCUT2D eigenvalue weighted by Crippen LogP contribution is 2.23. The van der Waals surface area contributed by atoms with E-state index in [1.807, 2.05) is 0 Å². The number of rotatable bonds is 8. The summed E-state index contributed by atoms with van der Waals surface area (Å²) in [6.07, 6.45) is -1.19. The monoisotopic (exact) mass is 411 g/mol. The summed E-state index contributed by atoms with van der Waals surface area (Å²) in [4.78, 5) is 13.9. The Kier molecular flexibility index (Phi) is 10.2. The number of nitrogens with zero attached hydrogens (tertiary/aromatic N) is 2.